The van der Waals surface area contributed by atoms with Crippen molar-refractivity contribution in [1.29, 1.82) is 0 Å². The molecule has 0 aliphatic carbocycles. The number of pyridine rings is 2. The third-order valence-corrected chi connectivity index (χ3v) is 9.27. The van der Waals surface area contributed by atoms with E-state index >= 15 is 0 Å². The second kappa shape index (κ2) is 11.0. The molecule has 0 saturated heterocycles. The molecule has 2 heterocycles. The van der Waals surface area contributed by atoms with Crippen molar-refractivity contribution in [1.82, 2.24) is 9.97 Å². The molecule has 8 aromatic rings. The first kappa shape index (κ1) is 27.8. The second-order valence-corrected chi connectivity index (χ2v) is 12.2. The van der Waals surface area contributed by atoms with E-state index in [0.29, 0.717) is 0 Å². The Bertz CT molecular complexity index is 2150. The summed E-state index contributed by atoms with van der Waals surface area (Å²) < 4.78 is 0. The molecular weight excluding hydrogens is 560 g/mol. The van der Waals surface area contributed by atoms with Gasteiger partial charge in [-0.1, -0.05) is 72.8 Å². The van der Waals surface area contributed by atoms with E-state index in [1.54, 1.807) is 0 Å². The van der Waals surface area contributed by atoms with Gasteiger partial charge in [-0.05, 0) is 108 Å². The summed E-state index contributed by atoms with van der Waals surface area (Å²) >= 11 is 0. The van der Waals surface area contributed by atoms with E-state index in [4.69, 9.17) is 0 Å². The SMILES string of the molecule is Cc1cccc(C)c1N(c1ccncc1)c1ccc2ccc3c(N(c4ccncc4)c4c(C)cccc4C)ccc4ccc1c2c43. The van der Waals surface area contributed by atoms with Crippen molar-refractivity contribution in [2.24, 2.45) is 0 Å². The van der Waals surface area contributed by atoms with Gasteiger partial charge in [0.15, 0.2) is 0 Å². The molecule has 8 rings (SSSR count). The van der Waals surface area contributed by atoms with E-state index in [1.807, 2.05) is 24.8 Å². The first-order chi connectivity index (χ1) is 22.5. The Labute approximate surface area is 269 Å². The largest absolute Gasteiger partial charge is 0.309 e. The summed E-state index contributed by atoms with van der Waals surface area (Å²) in [6, 6.07) is 39.7. The number of rotatable bonds is 6. The van der Waals surface area contributed by atoms with Crippen LogP contribution in [0.15, 0.2) is 134 Å². The maximum atomic E-state index is 4.34. The van der Waals surface area contributed by atoms with Gasteiger partial charge in [-0.25, -0.2) is 0 Å². The molecule has 0 saturated carbocycles. The molecule has 222 valence electrons. The smallest absolute Gasteiger partial charge is 0.0540 e. The van der Waals surface area contributed by atoms with Crippen molar-refractivity contribution in [3.8, 4) is 0 Å². The summed E-state index contributed by atoms with van der Waals surface area (Å²) in [5, 5.41) is 7.44. The van der Waals surface area contributed by atoms with Gasteiger partial charge < -0.3 is 9.80 Å². The summed E-state index contributed by atoms with van der Waals surface area (Å²) in [4.78, 5) is 13.5. The fourth-order valence-corrected chi connectivity index (χ4v) is 7.24. The highest BCUT2D eigenvalue weighted by Gasteiger charge is 2.24. The quantitative estimate of drug-likeness (QED) is 0.179. The van der Waals surface area contributed by atoms with E-state index in [1.165, 1.54) is 65.9 Å². The van der Waals surface area contributed by atoms with E-state index in [2.05, 4.69) is 157 Å². The lowest BCUT2D eigenvalue weighted by Gasteiger charge is -2.31. The van der Waals surface area contributed by atoms with Gasteiger partial charge >= 0.3 is 0 Å². The lowest BCUT2D eigenvalue weighted by molar-refractivity contribution is 1.21. The van der Waals surface area contributed by atoms with E-state index in [0.717, 1.165) is 22.7 Å². The van der Waals surface area contributed by atoms with Gasteiger partial charge in [0, 0.05) is 46.9 Å². The maximum absolute atomic E-state index is 4.34. The Hall–Kier alpha value is -5.74. The highest BCUT2D eigenvalue weighted by molar-refractivity contribution is 6.28. The summed E-state index contributed by atoms with van der Waals surface area (Å²) in [5.41, 5.74) is 11.8. The summed E-state index contributed by atoms with van der Waals surface area (Å²) in [6.45, 7) is 8.78. The predicted molar refractivity (Wildman–Crippen MR) is 194 cm³/mol. The van der Waals surface area contributed by atoms with E-state index in [9.17, 15) is 0 Å². The molecule has 46 heavy (non-hydrogen) atoms. The van der Waals surface area contributed by atoms with Crippen LogP contribution in [-0.4, -0.2) is 9.97 Å². The number of benzene rings is 6. The molecule has 0 unspecified atom stereocenters. The molecule has 0 N–H and O–H groups in total. The first-order valence-corrected chi connectivity index (χ1v) is 15.7. The number of aromatic nitrogens is 2. The molecule has 0 atom stereocenters. The Morgan fingerprint density at radius 1 is 0.391 bits per heavy atom. The predicted octanol–water partition coefficient (Wildman–Crippen LogP) is 11.5. The van der Waals surface area contributed by atoms with Crippen LogP contribution in [0.25, 0.3) is 32.3 Å². The van der Waals surface area contributed by atoms with Crippen molar-refractivity contribution >= 4 is 66.4 Å². The molecular formula is C42H34N4. The Morgan fingerprint density at radius 3 is 1.11 bits per heavy atom. The van der Waals surface area contributed by atoms with Crippen LogP contribution in [0.5, 0.6) is 0 Å². The van der Waals surface area contributed by atoms with Crippen molar-refractivity contribution in [3.63, 3.8) is 0 Å². The minimum Gasteiger partial charge on any atom is -0.309 e. The van der Waals surface area contributed by atoms with Crippen LogP contribution in [0.4, 0.5) is 34.1 Å². The average molecular weight is 595 g/mol. The van der Waals surface area contributed by atoms with Gasteiger partial charge in [-0.15, -0.1) is 0 Å². The third-order valence-electron chi connectivity index (χ3n) is 9.27. The zero-order valence-electron chi connectivity index (χ0n) is 26.5. The molecule has 0 spiro atoms. The van der Waals surface area contributed by atoms with Crippen LogP contribution in [-0.2, 0) is 0 Å². The molecule has 0 bridgehead atoms. The van der Waals surface area contributed by atoms with Crippen molar-refractivity contribution < 1.29 is 0 Å². The van der Waals surface area contributed by atoms with Gasteiger partial charge in [0.05, 0.1) is 22.7 Å². The molecule has 2 aromatic heterocycles. The molecule has 0 aliphatic rings. The summed E-state index contributed by atoms with van der Waals surface area (Å²) in [6.07, 6.45) is 7.50. The lowest BCUT2D eigenvalue weighted by atomic mass is 9.91. The first-order valence-electron chi connectivity index (χ1n) is 15.7. The number of para-hydroxylation sites is 2. The molecule has 0 aliphatic heterocycles. The molecule has 4 nitrogen and oxygen atoms in total. The van der Waals surface area contributed by atoms with Crippen LogP contribution in [0.1, 0.15) is 22.3 Å². The zero-order valence-corrected chi connectivity index (χ0v) is 26.5. The fraction of sp³-hybridized carbons (Fsp3) is 0.0952. The topological polar surface area (TPSA) is 32.3 Å². The average Bonchev–Trinajstić information content (AvgIpc) is 3.08. The van der Waals surface area contributed by atoms with Crippen molar-refractivity contribution in [2.45, 2.75) is 27.7 Å². The molecule has 0 radical (unpaired) electrons. The van der Waals surface area contributed by atoms with E-state index in [-0.39, 0.29) is 0 Å². The second-order valence-electron chi connectivity index (χ2n) is 12.2. The summed E-state index contributed by atoms with van der Waals surface area (Å²) in [5.74, 6) is 0. The minimum absolute atomic E-state index is 1.09. The van der Waals surface area contributed by atoms with Gasteiger partial charge in [0.2, 0.25) is 0 Å². The highest BCUT2D eigenvalue weighted by Crippen LogP contribution is 2.48. The van der Waals surface area contributed by atoms with Crippen molar-refractivity contribution in [3.05, 3.63) is 156 Å². The molecule has 6 aromatic carbocycles. The zero-order chi connectivity index (χ0) is 31.4. The van der Waals surface area contributed by atoms with Crippen LogP contribution < -0.4 is 9.80 Å². The number of anilines is 6. The number of hydrogen-bond donors (Lipinski definition) is 0. The third kappa shape index (κ3) is 4.37. The Kier molecular flexibility index (Phi) is 6.65. The maximum Gasteiger partial charge on any atom is 0.0540 e. The highest BCUT2D eigenvalue weighted by atomic mass is 15.2. The lowest BCUT2D eigenvalue weighted by Crippen LogP contribution is -2.14. The van der Waals surface area contributed by atoms with Crippen LogP contribution in [0.2, 0.25) is 0 Å². The monoisotopic (exact) mass is 594 g/mol. The van der Waals surface area contributed by atoms with Gasteiger partial charge in [0.1, 0.15) is 0 Å². The fourth-order valence-electron chi connectivity index (χ4n) is 7.24. The number of aryl methyl sites for hydroxylation is 4. The minimum atomic E-state index is 1.09. The van der Waals surface area contributed by atoms with Crippen LogP contribution in [0.3, 0.4) is 0 Å². The standard InChI is InChI=1S/C42H34N4/c1-27-7-5-8-28(2)41(27)45(33-19-23-43-24-20-33)37-17-13-31-12-16-36-38(18-14-32-11-15-35(37)39(31)40(32)36)46(34-21-25-44-26-22-34)42-29(3)9-6-10-30(42)4/h5-26H,1-4H3. The summed E-state index contributed by atoms with van der Waals surface area (Å²) in [7, 11) is 0. The van der Waals surface area contributed by atoms with Gasteiger partial charge in [-0.3, -0.25) is 9.97 Å². The molecule has 0 fully saturated rings. The van der Waals surface area contributed by atoms with Gasteiger partial charge in [0.25, 0.3) is 0 Å². The Morgan fingerprint density at radius 2 is 0.739 bits per heavy atom. The van der Waals surface area contributed by atoms with Crippen molar-refractivity contribution in [2.75, 3.05) is 9.80 Å². The number of nitrogens with zero attached hydrogens (tertiary/aromatic N) is 4. The molecule has 4 heteroatoms. The van der Waals surface area contributed by atoms with Gasteiger partial charge in [-0.2, -0.15) is 0 Å². The van der Waals surface area contributed by atoms with Crippen LogP contribution in [0, 0.1) is 27.7 Å². The molecule has 0 amide bonds. The van der Waals surface area contributed by atoms with E-state index < -0.39 is 0 Å². The normalized spacial score (nSPS) is 11.5. The Balaban J connectivity index is 1.45. The van der Waals surface area contributed by atoms with Crippen LogP contribution >= 0.6 is 0 Å². The number of hydrogen-bond acceptors (Lipinski definition) is 4.